The molecule has 0 aliphatic carbocycles. The van der Waals surface area contributed by atoms with Crippen LogP contribution in [-0.4, -0.2) is 37.1 Å². The third kappa shape index (κ3) is 2.63. The van der Waals surface area contributed by atoms with E-state index in [0.29, 0.717) is 12.1 Å². The summed E-state index contributed by atoms with van der Waals surface area (Å²) in [5, 5.41) is 3.15. The Morgan fingerprint density at radius 3 is 2.54 bits per heavy atom. The highest BCUT2D eigenvalue weighted by atomic mass is 16.5. The number of aromatic amines is 1. The molecule has 0 radical (unpaired) electrons. The fourth-order valence-electron chi connectivity index (χ4n) is 5.06. The molecule has 1 unspecified atom stereocenters. The van der Waals surface area contributed by atoms with E-state index in [-0.39, 0.29) is 40.2 Å². The molecule has 2 aliphatic rings. The Morgan fingerprint density at radius 1 is 1.25 bits per heavy atom. The smallest absolute Gasteiger partial charge is 0.280 e. The number of carbonyl (C=O) groups is 1. The number of aromatic nitrogens is 4. The Hall–Kier alpha value is -2.42. The summed E-state index contributed by atoms with van der Waals surface area (Å²) in [4.78, 5) is 36.1. The average Bonchev–Trinajstić information content (AvgIpc) is 3.12. The van der Waals surface area contributed by atoms with Crippen LogP contribution in [0.1, 0.15) is 54.2 Å². The molecule has 2 bridgehead atoms. The number of ether oxygens (including phenoxy) is 1. The zero-order valence-corrected chi connectivity index (χ0v) is 17.2. The summed E-state index contributed by atoms with van der Waals surface area (Å²) in [5.74, 6) is -0.102. The normalized spacial score (nSPS) is 30.2. The van der Waals surface area contributed by atoms with E-state index >= 15 is 0 Å². The molecule has 9 heteroatoms. The van der Waals surface area contributed by atoms with Gasteiger partial charge in [0.05, 0.1) is 12.4 Å². The molecule has 0 aromatic carbocycles. The second-order valence-electron chi connectivity index (χ2n) is 10.3. The Balaban J connectivity index is 1.86. The quantitative estimate of drug-likeness (QED) is 0.716. The summed E-state index contributed by atoms with van der Waals surface area (Å²) >= 11 is 0. The van der Waals surface area contributed by atoms with Crippen molar-refractivity contribution in [2.75, 3.05) is 5.73 Å². The number of carbonyl (C=O) groups excluding carboxylic acids is 1. The fourth-order valence-corrected chi connectivity index (χ4v) is 5.06. The van der Waals surface area contributed by atoms with Gasteiger partial charge in [-0.25, -0.2) is 4.98 Å². The molecular weight excluding hydrogens is 360 g/mol. The number of nitrogens with two attached hydrogens (primary N) is 1. The van der Waals surface area contributed by atoms with Crippen molar-refractivity contribution >= 4 is 23.0 Å². The molecule has 4 heterocycles. The van der Waals surface area contributed by atoms with Gasteiger partial charge in [-0.05, 0) is 17.3 Å². The summed E-state index contributed by atoms with van der Waals surface area (Å²) < 4.78 is 8.24. The maximum Gasteiger partial charge on any atom is 0.280 e. The first-order chi connectivity index (χ1) is 12.8. The Morgan fingerprint density at radius 2 is 1.93 bits per heavy atom. The van der Waals surface area contributed by atoms with Crippen molar-refractivity contribution < 1.29 is 9.53 Å². The third-order valence-electron chi connectivity index (χ3n) is 5.63. The number of nitrogens with one attached hydrogen (secondary N) is 2. The molecule has 0 saturated carbocycles. The van der Waals surface area contributed by atoms with Gasteiger partial charge >= 0.3 is 0 Å². The number of hydrogen-bond acceptors (Lipinski definition) is 6. The van der Waals surface area contributed by atoms with Gasteiger partial charge in [-0.3, -0.25) is 19.1 Å². The number of nitrogen functional groups attached to an aromatic ring is 1. The third-order valence-corrected chi connectivity index (χ3v) is 5.63. The number of nitrogens with zero attached hydrogens (tertiary/aromatic N) is 3. The first-order valence-corrected chi connectivity index (χ1v) is 9.55. The van der Waals surface area contributed by atoms with Gasteiger partial charge in [0.25, 0.3) is 11.5 Å². The lowest BCUT2D eigenvalue weighted by Gasteiger charge is -2.39. The molecule has 4 rings (SSSR count). The lowest BCUT2D eigenvalue weighted by molar-refractivity contribution is -0.167. The average molecular weight is 388 g/mol. The van der Waals surface area contributed by atoms with Crippen LogP contribution in [-0.2, 0) is 9.53 Å². The minimum Gasteiger partial charge on any atom is -0.369 e. The summed E-state index contributed by atoms with van der Waals surface area (Å²) in [5.41, 5.74) is 4.66. The van der Waals surface area contributed by atoms with E-state index in [0.717, 1.165) is 0 Å². The molecule has 2 aromatic heterocycles. The molecule has 9 nitrogen and oxygen atoms in total. The number of hydrogen-bond donors (Lipinski definition) is 3. The van der Waals surface area contributed by atoms with Gasteiger partial charge in [0, 0.05) is 5.92 Å². The maximum absolute atomic E-state index is 13.0. The Kier molecular flexibility index (Phi) is 3.76. The van der Waals surface area contributed by atoms with Crippen molar-refractivity contribution in [1.82, 2.24) is 24.8 Å². The standard InChI is InChI=1S/C19H28N6O3/c1-17(2,3)7-19-11(18(4,5)6)9(22-15(19)27)14(28-19)25-8-21-10-12(25)23-16(20)24-13(10)26/h8-9,11,14H,7H2,1-6H3,(H,22,27)(H3,20,23,24,26)/t9?,11-,14+,19+/m0/s1. The van der Waals surface area contributed by atoms with Crippen molar-refractivity contribution in [1.29, 1.82) is 0 Å². The summed E-state index contributed by atoms with van der Waals surface area (Å²) in [7, 11) is 0. The first kappa shape index (κ1) is 18.9. The molecule has 2 saturated heterocycles. The van der Waals surface area contributed by atoms with Gasteiger partial charge in [0.15, 0.2) is 23.0 Å². The van der Waals surface area contributed by atoms with Gasteiger partial charge in [0.2, 0.25) is 5.95 Å². The maximum atomic E-state index is 13.0. The topological polar surface area (TPSA) is 128 Å². The number of rotatable bonds is 2. The molecule has 2 aliphatic heterocycles. The van der Waals surface area contributed by atoms with Crippen molar-refractivity contribution in [3.63, 3.8) is 0 Å². The predicted octanol–water partition coefficient (Wildman–Crippen LogP) is 1.57. The van der Waals surface area contributed by atoms with E-state index in [1.54, 1.807) is 4.57 Å². The van der Waals surface area contributed by atoms with E-state index in [2.05, 4.69) is 61.8 Å². The second-order valence-corrected chi connectivity index (χ2v) is 10.3. The molecular formula is C19H28N6O3. The van der Waals surface area contributed by atoms with Crippen LogP contribution in [0.15, 0.2) is 11.1 Å². The van der Waals surface area contributed by atoms with Gasteiger partial charge in [-0.1, -0.05) is 41.5 Å². The monoisotopic (exact) mass is 388 g/mol. The van der Waals surface area contributed by atoms with Crippen LogP contribution >= 0.6 is 0 Å². The van der Waals surface area contributed by atoms with Crippen LogP contribution in [0.25, 0.3) is 11.2 Å². The number of amides is 1. The largest absolute Gasteiger partial charge is 0.369 e. The van der Waals surface area contributed by atoms with E-state index in [4.69, 9.17) is 10.5 Å². The number of fused-ring (bicyclic) bond motifs is 3. The number of H-pyrrole nitrogens is 1. The van der Waals surface area contributed by atoms with Gasteiger partial charge in [0.1, 0.15) is 0 Å². The van der Waals surface area contributed by atoms with Crippen molar-refractivity contribution in [3.8, 4) is 0 Å². The summed E-state index contributed by atoms with van der Waals surface area (Å²) in [6.45, 7) is 12.7. The summed E-state index contributed by atoms with van der Waals surface area (Å²) in [6, 6.07) is -0.255. The molecule has 2 aromatic rings. The van der Waals surface area contributed by atoms with Crippen molar-refractivity contribution in [2.24, 2.45) is 16.7 Å². The van der Waals surface area contributed by atoms with Crippen molar-refractivity contribution in [2.45, 2.75) is 65.8 Å². The van der Waals surface area contributed by atoms with Crippen LogP contribution in [0.5, 0.6) is 0 Å². The van der Waals surface area contributed by atoms with Crippen LogP contribution in [0.2, 0.25) is 0 Å². The highest BCUT2D eigenvalue weighted by Crippen LogP contribution is 2.57. The fraction of sp³-hybridized carbons (Fsp3) is 0.684. The van der Waals surface area contributed by atoms with Crippen LogP contribution in [0.3, 0.4) is 0 Å². The molecule has 152 valence electrons. The zero-order chi connectivity index (χ0) is 20.6. The molecule has 2 fully saturated rings. The molecule has 4 atom stereocenters. The zero-order valence-electron chi connectivity index (χ0n) is 17.2. The molecule has 0 spiro atoms. The number of morpholine rings is 1. The highest BCUT2D eigenvalue weighted by Gasteiger charge is 2.69. The molecule has 4 N–H and O–H groups in total. The van der Waals surface area contributed by atoms with E-state index in [9.17, 15) is 9.59 Å². The predicted molar refractivity (Wildman–Crippen MR) is 104 cm³/mol. The van der Waals surface area contributed by atoms with E-state index in [1.165, 1.54) is 6.33 Å². The number of anilines is 1. The Labute approximate surface area is 163 Å². The molecule has 28 heavy (non-hydrogen) atoms. The number of imidazole rings is 1. The van der Waals surface area contributed by atoms with Crippen LogP contribution < -0.4 is 16.6 Å². The minimum atomic E-state index is -0.949. The SMILES string of the molecule is CC(C)(C)C[C@]12O[C@@H](n3cnc4c(=O)[nH]c(N)nc43)C(NC1=O)[C@H]2C(C)(C)C. The highest BCUT2D eigenvalue weighted by molar-refractivity contribution is 5.90. The van der Waals surface area contributed by atoms with E-state index in [1.807, 2.05) is 0 Å². The van der Waals surface area contributed by atoms with E-state index < -0.39 is 17.4 Å². The van der Waals surface area contributed by atoms with Gasteiger partial charge < -0.3 is 15.8 Å². The van der Waals surface area contributed by atoms with Crippen molar-refractivity contribution in [3.05, 3.63) is 16.7 Å². The second kappa shape index (κ2) is 5.56. The Bertz CT molecular complexity index is 1010. The van der Waals surface area contributed by atoms with Crippen LogP contribution in [0.4, 0.5) is 5.95 Å². The van der Waals surface area contributed by atoms with Crippen LogP contribution in [0, 0.1) is 16.7 Å². The van der Waals surface area contributed by atoms with Gasteiger partial charge in [-0.15, -0.1) is 0 Å². The lowest BCUT2D eigenvalue weighted by atomic mass is 9.66. The minimum absolute atomic E-state index is 0.0169. The van der Waals surface area contributed by atoms with Gasteiger partial charge in [-0.2, -0.15) is 4.98 Å². The molecule has 1 amide bonds. The lowest BCUT2D eigenvalue weighted by Crippen LogP contribution is -2.50. The first-order valence-electron chi connectivity index (χ1n) is 9.55. The summed E-state index contributed by atoms with van der Waals surface area (Å²) in [6.07, 6.45) is 1.61.